The number of aromatic nitrogens is 3. The molecule has 0 spiro atoms. The maximum Gasteiger partial charge on any atom is 0.288 e. The Bertz CT molecular complexity index is 974. The van der Waals surface area contributed by atoms with E-state index in [1.54, 1.807) is 17.4 Å². The van der Waals surface area contributed by atoms with Crippen molar-refractivity contribution in [1.82, 2.24) is 14.8 Å². The van der Waals surface area contributed by atoms with Crippen molar-refractivity contribution in [2.45, 2.75) is 30.4 Å². The zero-order valence-corrected chi connectivity index (χ0v) is 15.8. The van der Waals surface area contributed by atoms with Gasteiger partial charge in [0.2, 0.25) is 0 Å². The largest absolute Gasteiger partial charge is 0.301 e. The number of nitro benzene ring substituents is 1. The van der Waals surface area contributed by atoms with Crippen molar-refractivity contribution >= 4 is 28.8 Å². The van der Waals surface area contributed by atoms with E-state index in [0.29, 0.717) is 16.0 Å². The van der Waals surface area contributed by atoms with Gasteiger partial charge in [0.15, 0.2) is 11.0 Å². The van der Waals surface area contributed by atoms with Gasteiger partial charge in [0.05, 0.1) is 9.80 Å². The van der Waals surface area contributed by atoms with Gasteiger partial charge in [0, 0.05) is 17.5 Å². The van der Waals surface area contributed by atoms with Gasteiger partial charge in [-0.15, -0.1) is 21.5 Å². The fourth-order valence-electron chi connectivity index (χ4n) is 2.41. The molecule has 26 heavy (non-hydrogen) atoms. The van der Waals surface area contributed by atoms with E-state index in [-0.39, 0.29) is 11.3 Å². The van der Waals surface area contributed by atoms with E-state index in [9.17, 15) is 10.1 Å². The Morgan fingerprint density at radius 1 is 1.38 bits per heavy atom. The summed E-state index contributed by atoms with van der Waals surface area (Å²) in [5.41, 5.74) is -0.159. The SMILES string of the molecule is CC(C)Cn1c(Sc2ccc(C#N)c([N+](=O)[O-])c2)nnc1-c1cccs1. The van der Waals surface area contributed by atoms with Crippen LogP contribution in [-0.4, -0.2) is 19.7 Å². The fourth-order valence-corrected chi connectivity index (χ4v) is 4.00. The third-order valence-corrected chi connectivity index (χ3v) is 5.34. The lowest BCUT2D eigenvalue weighted by atomic mass is 10.2. The number of benzene rings is 1. The van der Waals surface area contributed by atoms with E-state index >= 15 is 0 Å². The highest BCUT2D eigenvalue weighted by Gasteiger charge is 2.19. The first-order valence-corrected chi connectivity index (χ1v) is 9.52. The van der Waals surface area contributed by atoms with Crippen LogP contribution in [0.2, 0.25) is 0 Å². The third-order valence-electron chi connectivity index (χ3n) is 3.50. The van der Waals surface area contributed by atoms with Crippen LogP contribution in [0.15, 0.2) is 45.8 Å². The lowest BCUT2D eigenvalue weighted by Crippen LogP contribution is -2.07. The van der Waals surface area contributed by atoms with Gasteiger partial charge in [-0.1, -0.05) is 19.9 Å². The van der Waals surface area contributed by atoms with Crippen molar-refractivity contribution in [3.8, 4) is 16.8 Å². The zero-order valence-electron chi connectivity index (χ0n) is 14.1. The van der Waals surface area contributed by atoms with Crippen LogP contribution in [0.4, 0.5) is 5.69 Å². The van der Waals surface area contributed by atoms with Gasteiger partial charge in [-0.25, -0.2) is 0 Å². The molecule has 0 radical (unpaired) electrons. The Balaban J connectivity index is 1.99. The first kappa shape index (κ1) is 18.1. The number of nitro groups is 1. The molecule has 1 aromatic carbocycles. The molecule has 0 N–H and O–H groups in total. The molecule has 2 heterocycles. The number of nitriles is 1. The van der Waals surface area contributed by atoms with Crippen molar-refractivity contribution in [3.05, 3.63) is 51.4 Å². The normalized spacial score (nSPS) is 10.8. The number of hydrogen-bond acceptors (Lipinski definition) is 7. The Hall–Kier alpha value is -2.70. The minimum atomic E-state index is -0.543. The van der Waals surface area contributed by atoms with E-state index in [1.165, 1.54) is 23.9 Å². The van der Waals surface area contributed by atoms with Crippen molar-refractivity contribution < 1.29 is 4.92 Å². The van der Waals surface area contributed by atoms with Gasteiger partial charge >= 0.3 is 0 Å². The van der Waals surface area contributed by atoms with Gasteiger partial charge in [0.1, 0.15) is 11.6 Å². The van der Waals surface area contributed by atoms with Gasteiger partial charge in [-0.3, -0.25) is 10.1 Å². The summed E-state index contributed by atoms with van der Waals surface area (Å²) in [6.45, 7) is 4.96. The van der Waals surface area contributed by atoms with Crippen LogP contribution in [0, 0.1) is 27.4 Å². The van der Waals surface area contributed by atoms with E-state index in [1.807, 2.05) is 28.1 Å². The molecule has 0 fully saturated rings. The van der Waals surface area contributed by atoms with Crippen LogP contribution in [0.5, 0.6) is 0 Å². The standard InChI is InChI=1S/C17H15N5O2S2/c1-11(2)10-21-16(15-4-3-7-25-15)19-20-17(21)26-13-6-5-12(9-18)14(8-13)22(23)24/h3-8,11H,10H2,1-2H3. The molecule has 0 bridgehead atoms. The van der Waals surface area contributed by atoms with Crippen LogP contribution in [0.3, 0.4) is 0 Å². The summed E-state index contributed by atoms with van der Waals surface area (Å²) in [7, 11) is 0. The molecule has 9 heteroatoms. The van der Waals surface area contributed by atoms with E-state index in [0.717, 1.165) is 17.2 Å². The molecular weight excluding hydrogens is 370 g/mol. The van der Waals surface area contributed by atoms with Gasteiger partial charge in [-0.2, -0.15) is 5.26 Å². The summed E-state index contributed by atoms with van der Waals surface area (Å²) in [5, 5.41) is 31.4. The van der Waals surface area contributed by atoms with Crippen molar-refractivity contribution in [3.63, 3.8) is 0 Å². The molecule has 0 amide bonds. The summed E-state index contributed by atoms with van der Waals surface area (Å²) < 4.78 is 2.03. The second kappa shape index (κ2) is 7.68. The fraction of sp³-hybridized carbons (Fsp3) is 0.235. The minimum absolute atomic E-state index is 0.0438. The molecule has 2 aromatic heterocycles. The molecular formula is C17H15N5O2S2. The summed E-state index contributed by atoms with van der Waals surface area (Å²) in [6, 6.07) is 10.4. The first-order valence-electron chi connectivity index (χ1n) is 7.83. The topological polar surface area (TPSA) is 97.6 Å². The monoisotopic (exact) mass is 385 g/mol. The number of nitrogens with zero attached hydrogens (tertiary/aromatic N) is 5. The average molecular weight is 385 g/mol. The van der Waals surface area contributed by atoms with E-state index in [2.05, 4.69) is 24.0 Å². The minimum Gasteiger partial charge on any atom is -0.301 e. The van der Waals surface area contributed by atoms with Crippen molar-refractivity contribution in [2.24, 2.45) is 5.92 Å². The Labute approximate surface area is 158 Å². The molecule has 132 valence electrons. The second-order valence-electron chi connectivity index (χ2n) is 5.94. The van der Waals surface area contributed by atoms with Crippen molar-refractivity contribution in [1.29, 1.82) is 5.26 Å². The van der Waals surface area contributed by atoms with Crippen molar-refractivity contribution in [2.75, 3.05) is 0 Å². The lowest BCUT2D eigenvalue weighted by Gasteiger charge is -2.11. The van der Waals surface area contributed by atoms with Gasteiger partial charge in [-0.05, 0) is 41.3 Å². The number of hydrogen-bond donors (Lipinski definition) is 0. The molecule has 7 nitrogen and oxygen atoms in total. The van der Waals surface area contributed by atoms with Crippen LogP contribution in [0.1, 0.15) is 19.4 Å². The van der Waals surface area contributed by atoms with Crippen LogP contribution in [-0.2, 0) is 6.54 Å². The Morgan fingerprint density at radius 3 is 2.81 bits per heavy atom. The maximum atomic E-state index is 11.2. The highest BCUT2D eigenvalue weighted by molar-refractivity contribution is 7.99. The molecule has 0 aliphatic carbocycles. The summed E-state index contributed by atoms with van der Waals surface area (Å²) in [4.78, 5) is 12.3. The Morgan fingerprint density at radius 2 is 2.19 bits per heavy atom. The predicted molar refractivity (Wildman–Crippen MR) is 100 cm³/mol. The first-order chi connectivity index (χ1) is 12.5. The maximum absolute atomic E-state index is 11.2. The lowest BCUT2D eigenvalue weighted by molar-refractivity contribution is -0.385. The molecule has 0 saturated heterocycles. The quantitative estimate of drug-likeness (QED) is 0.454. The van der Waals surface area contributed by atoms with Gasteiger partial charge < -0.3 is 4.57 Å². The molecule has 0 unspecified atom stereocenters. The summed E-state index contributed by atoms with van der Waals surface area (Å²) in [6.07, 6.45) is 0. The smallest absolute Gasteiger partial charge is 0.288 e. The highest BCUT2D eigenvalue weighted by atomic mass is 32.2. The van der Waals surface area contributed by atoms with Gasteiger partial charge in [0.25, 0.3) is 5.69 Å². The van der Waals surface area contributed by atoms with E-state index < -0.39 is 4.92 Å². The van der Waals surface area contributed by atoms with Crippen LogP contribution < -0.4 is 0 Å². The Kier molecular flexibility index (Phi) is 5.35. The average Bonchev–Trinajstić information content (AvgIpc) is 3.25. The molecule has 0 aliphatic rings. The third kappa shape index (κ3) is 3.76. The number of rotatable bonds is 6. The van der Waals surface area contributed by atoms with Crippen LogP contribution >= 0.6 is 23.1 Å². The number of thiophene rings is 1. The summed E-state index contributed by atoms with van der Waals surface area (Å²) in [5.74, 6) is 1.18. The van der Waals surface area contributed by atoms with E-state index in [4.69, 9.17) is 5.26 Å². The second-order valence-corrected chi connectivity index (χ2v) is 7.93. The zero-order chi connectivity index (χ0) is 18.7. The molecule has 0 atom stereocenters. The highest BCUT2D eigenvalue weighted by Crippen LogP contribution is 2.34. The molecule has 3 aromatic rings. The molecule has 0 aliphatic heterocycles. The summed E-state index contributed by atoms with van der Waals surface area (Å²) >= 11 is 2.90. The van der Waals surface area contributed by atoms with Crippen LogP contribution in [0.25, 0.3) is 10.7 Å². The molecule has 0 saturated carbocycles. The predicted octanol–water partition coefficient (Wildman–Crippen LogP) is 4.59. The molecule has 3 rings (SSSR count).